The molecule has 5 nitrogen and oxygen atoms in total. The van der Waals surface area contributed by atoms with Crippen molar-refractivity contribution in [2.24, 2.45) is 0 Å². The number of rotatable bonds is 2. The standard InChI is InChI=1S/C12H23N3O2/c1-10(16)9-14-5-7-15(8-6-14)11(17)13-12(2,3)4/h5-9H2,1-4H3,(H,13,17). The molecular formula is C12H23N3O2. The maximum Gasteiger partial charge on any atom is 0.317 e. The number of Topliss-reactive ketones (excluding diaryl/α,β-unsaturated/α-hetero) is 1. The second-order valence-electron chi connectivity index (χ2n) is 5.65. The first kappa shape index (κ1) is 14.0. The largest absolute Gasteiger partial charge is 0.333 e. The van der Waals surface area contributed by atoms with Crippen LogP contribution in [0.4, 0.5) is 4.79 Å². The second kappa shape index (κ2) is 5.49. The first-order valence-electron chi connectivity index (χ1n) is 6.07. The van der Waals surface area contributed by atoms with Gasteiger partial charge in [0.2, 0.25) is 0 Å². The van der Waals surface area contributed by atoms with Crippen LogP contribution in [0.25, 0.3) is 0 Å². The minimum atomic E-state index is -0.201. The van der Waals surface area contributed by atoms with Gasteiger partial charge in [-0.15, -0.1) is 0 Å². The third-order valence-electron chi connectivity index (χ3n) is 2.59. The number of hydrogen-bond donors (Lipinski definition) is 1. The van der Waals surface area contributed by atoms with Gasteiger partial charge in [0, 0.05) is 31.7 Å². The molecule has 0 aromatic carbocycles. The van der Waals surface area contributed by atoms with Crippen molar-refractivity contribution >= 4 is 11.8 Å². The predicted octanol–water partition coefficient (Wildman–Crippen LogP) is 0.701. The van der Waals surface area contributed by atoms with Crippen molar-refractivity contribution in [2.45, 2.75) is 33.2 Å². The lowest BCUT2D eigenvalue weighted by Gasteiger charge is -2.35. The number of ketones is 1. The van der Waals surface area contributed by atoms with Crippen molar-refractivity contribution in [3.05, 3.63) is 0 Å². The molecule has 98 valence electrons. The Labute approximate surface area is 103 Å². The molecule has 5 heteroatoms. The first-order valence-corrected chi connectivity index (χ1v) is 6.07. The maximum absolute atomic E-state index is 11.9. The Morgan fingerprint density at radius 2 is 1.65 bits per heavy atom. The Hall–Kier alpha value is -1.10. The van der Waals surface area contributed by atoms with Crippen LogP contribution >= 0.6 is 0 Å². The number of carbonyl (C=O) groups is 2. The molecule has 0 spiro atoms. The molecule has 1 aliphatic heterocycles. The van der Waals surface area contributed by atoms with Gasteiger partial charge in [-0.1, -0.05) is 0 Å². The molecule has 2 amide bonds. The molecule has 0 aliphatic carbocycles. The van der Waals surface area contributed by atoms with Gasteiger partial charge in [-0.2, -0.15) is 0 Å². The highest BCUT2D eigenvalue weighted by atomic mass is 16.2. The molecule has 0 atom stereocenters. The average Bonchev–Trinajstić information content (AvgIpc) is 2.15. The molecule has 1 rings (SSSR count). The normalized spacial score (nSPS) is 18.0. The maximum atomic E-state index is 11.9. The summed E-state index contributed by atoms with van der Waals surface area (Å²) >= 11 is 0. The van der Waals surface area contributed by atoms with E-state index in [9.17, 15) is 9.59 Å². The van der Waals surface area contributed by atoms with E-state index in [1.165, 1.54) is 0 Å². The van der Waals surface area contributed by atoms with Crippen molar-refractivity contribution in [2.75, 3.05) is 32.7 Å². The third-order valence-corrected chi connectivity index (χ3v) is 2.59. The van der Waals surface area contributed by atoms with Crippen LogP contribution in [0.15, 0.2) is 0 Å². The van der Waals surface area contributed by atoms with Gasteiger partial charge in [-0.25, -0.2) is 4.79 Å². The topological polar surface area (TPSA) is 52.7 Å². The Morgan fingerprint density at radius 1 is 1.12 bits per heavy atom. The van der Waals surface area contributed by atoms with Crippen molar-refractivity contribution < 1.29 is 9.59 Å². The van der Waals surface area contributed by atoms with Crippen LogP contribution in [0.1, 0.15) is 27.7 Å². The molecule has 1 N–H and O–H groups in total. The fourth-order valence-electron chi connectivity index (χ4n) is 1.82. The van der Waals surface area contributed by atoms with Gasteiger partial charge in [0.25, 0.3) is 0 Å². The smallest absolute Gasteiger partial charge is 0.317 e. The van der Waals surface area contributed by atoms with E-state index in [4.69, 9.17) is 0 Å². The summed E-state index contributed by atoms with van der Waals surface area (Å²) in [6.07, 6.45) is 0. The summed E-state index contributed by atoms with van der Waals surface area (Å²) in [7, 11) is 0. The highest BCUT2D eigenvalue weighted by Crippen LogP contribution is 2.05. The molecule has 1 heterocycles. The van der Waals surface area contributed by atoms with Crippen LogP contribution in [-0.2, 0) is 4.79 Å². The molecule has 1 aliphatic rings. The van der Waals surface area contributed by atoms with E-state index in [1.54, 1.807) is 6.92 Å². The van der Waals surface area contributed by atoms with E-state index in [1.807, 2.05) is 25.7 Å². The Balaban J connectivity index is 2.36. The van der Waals surface area contributed by atoms with E-state index in [0.29, 0.717) is 19.6 Å². The molecule has 0 unspecified atom stereocenters. The van der Waals surface area contributed by atoms with E-state index in [-0.39, 0.29) is 17.4 Å². The molecule has 1 fully saturated rings. The van der Waals surface area contributed by atoms with Crippen molar-refractivity contribution in [1.29, 1.82) is 0 Å². The van der Waals surface area contributed by atoms with Gasteiger partial charge in [-0.05, 0) is 27.7 Å². The van der Waals surface area contributed by atoms with E-state index >= 15 is 0 Å². The summed E-state index contributed by atoms with van der Waals surface area (Å²) in [5, 5.41) is 2.95. The lowest BCUT2D eigenvalue weighted by atomic mass is 10.1. The zero-order valence-electron chi connectivity index (χ0n) is 11.2. The minimum absolute atomic E-state index is 0.0139. The van der Waals surface area contributed by atoms with Crippen LogP contribution in [0.5, 0.6) is 0 Å². The van der Waals surface area contributed by atoms with Crippen LogP contribution in [0.3, 0.4) is 0 Å². The molecule has 0 saturated carbocycles. The molecule has 17 heavy (non-hydrogen) atoms. The molecule has 0 radical (unpaired) electrons. The fraction of sp³-hybridized carbons (Fsp3) is 0.833. The summed E-state index contributed by atoms with van der Waals surface area (Å²) in [6.45, 7) is 10.9. The summed E-state index contributed by atoms with van der Waals surface area (Å²) in [5.74, 6) is 0.178. The fourth-order valence-corrected chi connectivity index (χ4v) is 1.82. The minimum Gasteiger partial charge on any atom is -0.333 e. The van der Waals surface area contributed by atoms with Gasteiger partial charge in [0.05, 0.1) is 6.54 Å². The van der Waals surface area contributed by atoms with Gasteiger partial charge in [0.1, 0.15) is 5.78 Å². The number of carbonyl (C=O) groups excluding carboxylic acids is 2. The summed E-state index contributed by atoms with van der Waals surface area (Å²) in [4.78, 5) is 26.7. The number of piperazine rings is 1. The Bertz CT molecular complexity index is 289. The van der Waals surface area contributed by atoms with Gasteiger partial charge in [0.15, 0.2) is 0 Å². The van der Waals surface area contributed by atoms with Gasteiger partial charge in [-0.3, -0.25) is 9.69 Å². The van der Waals surface area contributed by atoms with Crippen molar-refractivity contribution in [3.63, 3.8) is 0 Å². The van der Waals surface area contributed by atoms with Gasteiger partial charge < -0.3 is 10.2 Å². The number of urea groups is 1. The molecule has 0 bridgehead atoms. The van der Waals surface area contributed by atoms with Crippen LogP contribution in [-0.4, -0.2) is 59.9 Å². The Morgan fingerprint density at radius 3 is 2.06 bits per heavy atom. The molecule has 0 aromatic rings. The number of nitrogens with one attached hydrogen (secondary N) is 1. The van der Waals surface area contributed by atoms with E-state index < -0.39 is 0 Å². The van der Waals surface area contributed by atoms with E-state index in [2.05, 4.69) is 10.2 Å². The summed E-state index contributed by atoms with van der Waals surface area (Å²) in [5.41, 5.74) is -0.201. The third kappa shape index (κ3) is 5.17. The van der Waals surface area contributed by atoms with Crippen LogP contribution in [0, 0.1) is 0 Å². The quantitative estimate of drug-likeness (QED) is 0.774. The number of nitrogens with zero attached hydrogens (tertiary/aromatic N) is 2. The highest BCUT2D eigenvalue weighted by Gasteiger charge is 2.24. The van der Waals surface area contributed by atoms with E-state index in [0.717, 1.165) is 13.1 Å². The highest BCUT2D eigenvalue weighted by molar-refractivity contribution is 5.77. The Kier molecular flexibility index (Phi) is 4.51. The average molecular weight is 241 g/mol. The zero-order valence-corrected chi connectivity index (χ0v) is 11.2. The van der Waals surface area contributed by atoms with Crippen molar-refractivity contribution in [1.82, 2.24) is 15.1 Å². The lowest BCUT2D eigenvalue weighted by Crippen LogP contribution is -2.55. The molecule has 0 aromatic heterocycles. The van der Waals surface area contributed by atoms with Crippen LogP contribution in [0.2, 0.25) is 0 Å². The lowest BCUT2D eigenvalue weighted by molar-refractivity contribution is -0.118. The zero-order chi connectivity index (χ0) is 13.1. The number of hydrogen-bond acceptors (Lipinski definition) is 3. The summed E-state index contributed by atoms with van der Waals surface area (Å²) in [6, 6.07) is -0.0139. The summed E-state index contributed by atoms with van der Waals surface area (Å²) < 4.78 is 0. The monoisotopic (exact) mass is 241 g/mol. The molecular weight excluding hydrogens is 218 g/mol. The molecule has 1 saturated heterocycles. The SMILES string of the molecule is CC(=O)CN1CCN(C(=O)NC(C)(C)C)CC1. The second-order valence-corrected chi connectivity index (χ2v) is 5.65. The number of amides is 2. The predicted molar refractivity (Wildman–Crippen MR) is 67.0 cm³/mol. The van der Waals surface area contributed by atoms with Crippen molar-refractivity contribution in [3.8, 4) is 0 Å². The first-order chi connectivity index (χ1) is 7.78. The van der Waals surface area contributed by atoms with Gasteiger partial charge >= 0.3 is 6.03 Å². The van der Waals surface area contributed by atoms with Crippen LogP contribution < -0.4 is 5.32 Å².